The van der Waals surface area contributed by atoms with Crippen LogP contribution in [-0.4, -0.2) is 19.9 Å². The maximum Gasteiger partial charge on any atom is 0.0991 e. The molecule has 8 heteroatoms. The van der Waals surface area contributed by atoms with Gasteiger partial charge in [0.2, 0.25) is 0 Å². The van der Waals surface area contributed by atoms with Crippen LogP contribution in [0.25, 0.3) is 76.5 Å². The van der Waals surface area contributed by atoms with Crippen molar-refractivity contribution in [2.75, 3.05) is 0 Å². The average molecular weight is 830 g/mol. The molecule has 0 unspecified atom stereocenters. The summed E-state index contributed by atoms with van der Waals surface area (Å²) in [4.78, 5) is 21.6. The van der Waals surface area contributed by atoms with Gasteiger partial charge in [0.15, 0.2) is 0 Å². The lowest BCUT2D eigenvalue weighted by Gasteiger charge is -2.21. The van der Waals surface area contributed by atoms with Gasteiger partial charge in [-0.1, -0.05) is 63.7 Å². The van der Waals surface area contributed by atoms with Crippen molar-refractivity contribution in [3.63, 3.8) is 0 Å². The minimum absolute atomic E-state index is 0.900. The predicted octanol–water partition coefficient (Wildman–Crippen LogP) is 11.6. The third-order valence-corrected chi connectivity index (χ3v) is 12.4. The van der Waals surface area contributed by atoms with Crippen LogP contribution in [0, 0.1) is 0 Å². The number of aromatic nitrogens is 4. The van der Waals surface area contributed by atoms with Crippen LogP contribution in [0.15, 0.2) is 54.3 Å². The lowest BCUT2D eigenvalue weighted by Crippen LogP contribution is -2.04. The van der Waals surface area contributed by atoms with E-state index in [1.165, 1.54) is 47.9 Å². The number of aryl methyl sites for hydroxylation is 4. The topological polar surface area (TPSA) is 51.6 Å². The lowest BCUT2D eigenvalue weighted by atomic mass is 9.89. The van der Waals surface area contributed by atoms with Crippen molar-refractivity contribution in [1.29, 1.82) is 0 Å². The van der Waals surface area contributed by atoms with Gasteiger partial charge in [-0.25, -0.2) is 19.9 Å². The minimum atomic E-state index is 0.900. The number of halogens is 4. The molecule has 0 aliphatic heterocycles. The summed E-state index contributed by atoms with van der Waals surface area (Å²) >= 11 is 15.8. The van der Waals surface area contributed by atoms with Crippen LogP contribution >= 0.6 is 63.7 Å². The van der Waals surface area contributed by atoms with Crippen LogP contribution in [0.2, 0.25) is 0 Å². The zero-order valence-electron chi connectivity index (χ0n) is 23.4. The Morgan fingerprint density at radius 3 is 0.841 bits per heavy atom. The maximum atomic E-state index is 5.39. The fourth-order valence-electron chi connectivity index (χ4n) is 7.93. The quantitative estimate of drug-likeness (QED) is 0.113. The molecule has 0 saturated carbocycles. The molecule has 6 aromatic carbocycles. The van der Waals surface area contributed by atoms with Crippen molar-refractivity contribution in [3.05, 3.63) is 76.5 Å². The van der Waals surface area contributed by atoms with Gasteiger partial charge in [-0.2, -0.15) is 0 Å². The van der Waals surface area contributed by atoms with Gasteiger partial charge in [0.05, 0.1) is 44.1 Å². The first-order chi connectivity index (χ1) is 21.4. The molecule has 0 atom stereocenters. The molecule has 2 aliphatic rings. The van der Waals surface area contributed by atoms with Crippen LogP contribution in [0.5, 0.6) is 0 Å². The summed E-state index contributed by atoms with van der Waals surface area (Å²) in [6, 6.07) is 13.4. The minimum Gasteiger partial charge on any atom is -0.244 e. The fraction of sp³-hybridized carbons (Fsp3) is 0.222. The number of fused-ring (bicyclic) bond motifs is 10. The first kappa shape index (κ1) is 26.7. The number of rotatable bonds is 0. The van der Waals surface area contributed by atoms with E-state index in [4.69, 9.17) is 19.9 Å². The molecular formula is C36H22Br4N4. The van der Waals surface area contributed by atoms with Crippen molar-refractivity contribution in [1.82, 2.24) is 19.9 Å². The van der Waals surface area contributed by atoms with Crippen LogP contribution in [0.4, 0.5) is 0 Å². The molecule has 2 aliphatic carbocycles. The van der Waals surface area contributed by atoms with Gasteiger partial charge in [0.1, 0.15) is 0 Å². The van der Waals surface area contributed by atoms with Crippen LogP contribution in [0.3, 0.4) is 0 Å². The van der Waals surface area contributed by atoms with Gasteiger partial charge in [-0.3, -0.25) is 0 Å². The number of hydrogen-bond donors (Lipinski definition) is 0. The molecular weight excluding hydrogens is 808 g/mol. The summed E-state index contributed by atoms with van der Waals surface area (Å²) < 4.78 is 3.93. The van der Waals surface area contributed by atoms with E-state index in [9.17, 15) is 0 Å². The Morgan fingerprint density at radius 1 is 0.341 bits per heavy atom. The van der Waals surface area contributed by atoms with E-state index in [0.717, 1.165) is 120 Å². The van der Waals surface area contributed by atoms with E-state index >= 15 is 0 Å². The smallest absolute Gasteiger partial charge is 0.0991 e. The van der Waals surface area contributed by atoms with Crippen LogP contribution < -0.4 is 0 Å². The molecule has 44 heavy (non-hydrogen) atoms. The Bertz CT molecular complexity index is 2260. The van der Waals surface area contributed by atoms with Gasteiger partial charge < -0.3 is 0 Å². The first-order valence-corrected chi connectivity index (χ1v) is 18.3. The highest BCUT2D eigenvalue weighted by molar-refractivity contribution is 9.11. The Kier molecular flexibility index (Phi) is 5.76. The Labute approximate surface area is 285 Å². The molecule has 2 aromatic heterocycles. The van der Waals surface area contributed by atoms with Crippen molar-refractivity contribution in [3.8, 4) is 0 Å². The summed E-state index contributed by atoms with van der Waals surface area (Å²) in [6.45, 7) is 0. The summed E-state index contributed by atoms with van der Waals surface area (Å²) in [7, 11) is 0. The van der Waals surface area contributed by atoms with Gasteiger partial charge in [0.25, 0.3) is 0 Å². The van der Waals surface area contributed by atoms with E-state index in [-0.39, 0.29) is 0 Å². The molecule has 0 amide bonds. The molecule has 0 fully saturated rings. The summed E-state index contributed by atoms with van der Waals surface area (Å²) in [6.07, 6.45) is 9.38. The largest absolute Gasteiger partial charge is 0.244 e. The molecule has 0 N–H and O–H groups in total. The summed E-state index contributed by atoms with van der Waals surface area (Å²) in [5, 5.41) is 6.47. The third kappa shape index (κ3) is 3.60. The van der Waals surface area contributed by atoms with Crippen molar-refractivity contribution in [2.45, 2.75) is 51.4 Å². The molecule has 0 spiro atoms. The normalized spacial score (nSPS) is 15.5. The van der Waals surface area contributed by atoms with E-state index < -0.39 is 0 Å². The van der Waals surface area contributed by atoms with E-state index in [1.807, 2.05) is 0 Å². The second kappa shape index (κ2) is 9.50. The van der Waals surface area contributed by atoms with Crippen LogP contribution in [0.1, 0.15) is 47.9 Å². The molecule has 2 heterocycles. The third-order valence-electron chi connectivity index (χ3n) is 9.92. The highest BCUT2D eigenvalue weighted by atomic mass is 79.9. The highest BCUT2D eigenvalue weighted by Crippen LogP contribution is 2.51. The SMILES string of the molecule is Brc1cc(Br)c2c3nc4cc5c(cc4nc3c3c(Br)cc(Br)c4c6nc7cc8c(cc7nc6c1c2c43)CCCC8)CCCC5. The standard InChI is InChI=1S/C36H22Br4N4/c37-19-13-21(39)29-31-27(19)33-34(42-24-10-16-6-2-1-5-15(16)9-23(24)41-33)28-20(38)14-22(40)30(32(28)31)36-35(29)43-25-11-17-7-3-4-8-18(17)12-26(25)44-36/h9-14H,1-8H2. The van der Waals surface area contributed by atoms with E-state index in [1.54, 1.807) is 0 Å². The van der Waals surface area contributed by atoms with Gasteiger partial charge >= 0.3 is 0 Å². The molecule has 0 bridgehead atoms. The Morgan fingerprint density at radius 2 is 0.591 bits per heavy atom. The van der Waals surface area contributed by atoms with Crippen LogP contribution in [-0.2, 0) is 25.7 Å². The monoisotopic (exact) mass is 826 g/mol. The summed E-state index contributed by atoms with van der Waals surface area (Å²) in [5.74, 6) is 0. The highest BCUT2D eigenvalue weighted by Gasteiger charge is 2.27. The molecule has 10 rings (SSSR count). The molecule has 214 valence electrons. The van der Waals surface area contributed by atoms with E-state index in [2.05, 4.69) is 100 Å². The first-order valence-electron chi connectivity index (χ1n) is 15.2. The molecule has 0 saturated heterocycles. The Hall–Kier alpha value is -2.52. The Balaban J connectivity index is 1.47. The molecule has 4 nitrogen and oxygen atoms in total. The molecule has 8 aromatic rings. The predicted molar refractivity (Wildman–Crippen MR) is 195 cm³/mol. The number of hydrogen-bond acceptors (Lipinski definition) is 4. The second-order valence-corrected chi connectivity index (χ2v) is 15.8. The van der Waals surface area contributed by atoms with Crippen molar-refractivity contribution in [2.24, 2.45) is 0 Å². The van der Waals surface area contributed by atoms with Gasteiger partial charge in [-0.05, 0) is 110 Å². The second-order valence-electron chi connectivity index (χ2n) is 12.4. The van der Waals surface area contributed by atoms with E-state index in [0.29, 0.717) is 0 Å². The van der Waals surface area contributed by atoms with Gasteiger partial charge in [0, 0.05) is 50.2 Å². The zero-order valence-corrected chi connectivity index (χ0v) is 29.8. The van der Waals surface area contributed by atoms with Gasteiger partial charge in [-0.15, -0.1) is 0 Å². The van der Waals surface area contributed by atoms with Crippen molar-refractivity contribution < 1.29 is 0 Å². The lowest BCUT2D eigenvalue weighted by molar-refractivity contribution is 0.686. The average Bonchev–Trinajstić information content (AvgIpc) is 3.01. The molecule has 0 radical (unpaired) electrons. The number of benzene rings is 6. The summed E-state index contributed by atoms with van der Waals surface area (Å²) in [5.41, 5.74) is 13.1. The van der Waals surface area contributed by atoms with Crippen molar-refractivity contribution >= 4 is 140 Å². The maximum absolute atomic E-state index is 5.39. The zero-order chi connectivity index (χ0) is 29.4. The fourth-order valence-corrected chi connectivity index (χ4v) is 11.0. The number of nitrogens with zero attached hydrogens (tertiary/aromatic N) is 4.